The molecule has 0 amide bonds. The number of hydrogen-bond acceptors (Lipinski definition) is 3. The fourth-order valence-electron chi connectivity index (χ4n) is 2.64. The van der Waals surface area contributed by atoms with Gasteiger partial charge in [0, 0.05) is 11.0 Å². The van der Waals surface area contributed by atoms with Crippen LogP contribution in [0.1, 0.15) is 43.7 Å². The molecule has 0 aliphatic heterocycles. The molecule has 4 nitrogen and oxygen atoms in total. The standard InChI is InChI=1S/C15H22BrNO3S/c1-3-4-15(5-6-15)10-17-21(19,20)13-8-12(9-18)7-11(2)14(13)16/h7-8,17-18H,3-6,9-10H2,1-2H3. The van der Waals surface area contributed by atoms with Gasteiger partial charge in [0.1, 0.15) is 0 Å². The summed E-state index contributed by atoms with van der Waals surface area (Å²) in [7, 11) is -3.57. The number of halogens is 1. The lowest BCUT2D eigenvalue weighted by Crippen LogP contribution is -2.30. The average Bonchev–Trinajstić information content (AvgIpc) is 3.20. The van der Waals surface area contributed by atoms with E-state index < -0.39 is 10.0 Å². The van der Waals surface area contributed by atoms with Crippen LogP contribution >= 0.6 is 15.9 Å². The lowest BCUT2D eigenvalue weighted by Gasteiger charge is -2.16. The van der Waals surface area contributed by atoms with Crippen molar-refractivity contribution in [2.45, 2.75) is 51.0 Å². The highest BCUT2D eigenvalue weighted by Gasteiger charge is 2.42. The van der Waals surface area contributed by atoms with E-state index in [4.69, 9.17) is 0 Å². The van der Waals surface area contributed by atoms with E-state index in [2.05, 4.69) is 27.6 Å². The van der Waals surface area contributed by atoms with E-state index in [1.807, 2.05) is 6.92 Å². The zero-order valence-corrected chi connectivity index (χ0v) is 14.8. The molecule has 118 valence electrons. The Hall–Kier alpha value is -0.430. The molecular weight excluding hydrogens is 354 g/mol. The Labute approximate surface area is 135 Å². The Bertz CT molecular complexity index is 624. The molecule has 21 heavy (non-hydrogen) atoms. The molecule has 0 spiro atoms. The van der Waals surface area contributed by atoms with Crippen molar-refractivity contribution in [3.8, 4) is 0 Å². The number of aliphatic hydroxyl groups excluding tert-OH is 1. The second kappa shape index (κ2) is 6.36. The summed E-state index contributed by atoms with van der Waals surface area (Å²) in [5.74, 6) is 0. The molecule has 1 aromatic carbocycles. The quantitative estimate of drug-likeness (QED) is 0.769. The zero-order chi connectivity index (χ0) is 15.7. The highest BCUT2D eigenvalue weighted by atomic mass is 79.9. The number of rotatable bonds is 7. The molecule has 0 bridgehead atoms. The van der Waals surface area contributed by atoms with E-state index in [0.29, 0.717) is 16.6 Å². The maximum absolute atomic E-state index is 12.5. The summed E-state index contributed by atoms with van der Waals surface area (Å²) in [4.78, 5) is 0.207. The maximum Gasteiger partial charge on any atom is 0.241 e. The summed E-state index contributed by atoms with van der Waals surface area (Å²) < 4.78 is 28.4. The average molecular weight is 376 g/mol. The Morgan fingerprint density at radius 2 is 2.05 bits per heavy atom. The number of nitrogens with one attached hydrogen (secondary N) is 1. The third-order valence-electron chi connectivity index (χ3n) is 4.13. The molecule has 0 saturated heterocycles. The summed E-state index contributed by atoms with van der Waals surface area (Å²) in [5.41, 5.74) is 1.57. The van der Waals surface area contributed by atoms with Gasteiger partial charge in [0.2, 0.25) is 10.0 Å². The molecular formula is C15H22BrNO3S. The molecule has 0 heterocycles. The SMILES string of the molecule is CCCC1(CNS(=O)(=O)c2cc(CO)cc(C)c2Br)CC1. The molecule has 0 radical (unpaired) electrons. The van der Waals surface area contributed by atoms with Crippen LogP contribution in [0, 0.1) is 12.3 Å². The van der Waals surface area contributed by atoms with Gasteiger partial charge < -0.3 is 5.11 Å². The van der Waals surface area contributed by atoms with Crippen LogP contribution in [0.5, 0.6) is 0 Å². The van der Waals surface area contributed by atoms with Gasteiger partial charge in [-0.05, 0) is 64.7 Å². The molecule has 1 aliphatic rings. The van der Waals surface area contributed by atoms with Crippen molar-refractivity contribution in [1.82, 2.24) is 4.72 Å². The van der Waals surface area contributed by atoms with Gasteiger partial charge in [0.15, 0.2) is 0 Å². The first-order chi connectivity index (χ1) is 9.83. The van der Waals surface area contributed by atoms with Gasteiger partial charge in [-0.3, -0.25) is 0 Å². The predicted octanol–water partition coefficient (Wildman–Crippen LogP) is 3.11. The summed E-state index contributed by atoms with van der Waals surface area (Å²) in [6, 6.07) is 3.31. The number of hydrogen-bond donors (Lipinski definition) is 2. The van der Waals surface area contributed by atoms with Crippen LogP contribution in [0.2, 0.25) is 0 Å². The summed E-state index contributed by atoms with van der Waals surface area (Å²) >= 11 is 3.35. The minimum atomic E-state index is -3.57. The van der Waals surface area contributed by atoms with Crippen molar-refractivity contribution in [1.29, 1.82) is 0 Å². The van der Waals surface area contributed by atoms with Crippen LogP contribution in [0.15, 0.2) is 21.5 Å². The van der Waals surface area contributed by atoms with Gasteiger partial charge in [-0.2, -0.15) is 0 Å². The van der Waals surface area contributed by atoms with Crippen molar-refractivity contribution in [3.63, 3.8) is 0 Å². The molecule has 0 aromatic heterocycles. The predicted molar refractivity (Wildman–Crippen MR) is 86.6 cm³/mol. The first kappa shape index (κ1) is 16.9. The number of aliphatic hydroxyl groups is 1. The topological polar surface area (TPSA) is 66.4 Å². The van der Waals surface area contributed by atoms with Crippen LogP contribution in [-0.4, -0.2) is 20.1 Å². The Morgan fingerprint density at radius 3 is 2.57 bits per heavy atom. The van der Waals surface area contributed by atoms with Gasteiger partial charge in [-0.1, -0.05) is 19.4 Å². The summed E-state index contributed by atoms with van der Waals surface area (Å²) in [5, 5.41) is 9.25. The highest BCUT2D eigenvalue weighted by Crippen LogP contribution is 2.49. The first-order valence-electron chi connectivity index (χ1n) is 7.23. The molecule has 0 atom stereocenters. The normalized spacial score (nSPS) is 17.0. The van der Waals surface area contributed by atoms with Crippen molar-refractivity contribution in [2.24, 2.45) is 5.41 Å². The number of aryl methyl sites for hydroxylation is 1. The van der Waals surface area contributed by atoms with Crippen LogP contribution in [0.4, 0.5) is 0 Å². The molecule has 1 saturated carbocycles. The molecule has 2 rings (SSSR count). The van der Waals surface area contributed by atoms with Crippen LogP contribution in [0.25, 0.3) is 0 Å². The van der Waals surface area contributed by atoms with Crippen molar-refractivity contribution < 1.29 is 13.5 Å². The highest BCUT2D eigenvalue weighted by molar-refractivity contribution is 9.10. The minimum Gasteiger partial charge on any atom is -0.392 e. The van der Waals surface area contributed by atoms with E-state index in [-0.39, 0.29) is 16.9 Å². The van der Waals surface area contributed by atoms with E-state index in [0.717, 1.165) is 31.2 Å². The summed E-state index contributed by atoms with van der Waals surface area (Å²) in [6.45, 7) is 4.27. The monoisotopic (exact) mass is 375 g/mol. The largest absolute Gasteiger partial charge is 0.392 e. The number of sulfonamides is 1. The van der Waals surface area contributed by atoms with Crippen molar-refractivity contribution in [2.75, 3.05) is 6.54 Å². The van der Waals surface area contributed by atoms with Crippen molar-refractivity contribution >= 4 is 26.0 Å². The lowest BCUT2D eigenvalue weighted by atomic mass is 10.0. The Kier molecular flexibility index (Phi) is 5.13. The molecule has 1 fully saturated rings. The Balaban J connectivity index is 2.22. The van der Waals surface area contributed by atoms with Gasteiger partial charge in [0.05, 0.1) is 11.5 Å². The maximum atomic E-state index is 12.5. The van der Waals surface area contributed by atoms with Gasteiger partial charge in [-0.25, -0.2) is 13.1 Å². The fraction of sp³-hybridized carbons (Fsp3) is 0.600. The molecule has 1 aliphatic carbocycles. The third kappa shape index (κ3) is 3.86. The smallest absolute Gasteiger partial charge is 0.241 e. The molecule has 0 unspecified atom stereocenters. The Morgan fingerprint density at radius 1 is 1.38 bits per heavy atom. The molecule has 2 N–H and O–H groups in total. The van der Waals surface area contributed by atoms with Gasteiger partial charge >= 0.3 is 0 Å². The van der Waals surface area contributed by atoms with Crippen LogP contribution in [0.3, 0.4) is 0 Å². The third-order valence-corrected chi connectivity index (χ3v) is 6.87. The minimum absolute atomic E-state index is 0.165. The lowest BCUT2D eigenvalue weighted by molar-refractivity contribution is 0.281. The first-order valence-corrected chi connectivity index (χ1v) is 9.51. The zero-order valence-electron chi connectivity index (χ0n) is 12.4. The van der Waals surface area contributed by atoms with Gasteiger partial charge in [-0.15, -0.1) is 0 Å². The van der Waals surface area contributed by atoms with Crippen molar-refractivity contribution in [3.05, 3.63) is 27.7 Å². The van der Waals surface area contributed by atoms with E-state index >= 15 is 0 Å². The summed E-state index contributed by atoms with van der Waals surface area (Å²) in [6.07, 6.45) is 4.33. The molecule has 1 aromatic rings. The molecule has 6 heteroatoms. The van der Waals surface area contributed by atoms with E-state index in [1.54, 1.807) is 6.07 Å². The second-order valence-corrected chi connectivity index (χ2v) is 8.49. The van der Waals surface area contributed by atoms with E-state index in [1.165, 1.54) is 6.07 Å². The second-order valence-electron chi connectivity index (χ2n) is 5.96. The van der Waals surface area contributed by atoms with Crippen LogP contribution < -0.4 is 4.72 Å². The van der Waals surface area contributed by atoms with E-state index in [9.17, 15) is 13.5 Å². The fourth-order valence-corrected chi connectivity index (χ4v) is 4.87. The van der Waals surface area contributed by atoms with Gasteiger partial charge in [0.25, 0.3) is 0 Å². The number of benzene rings is 1. The van der Waals surface area contributed by atoms with Crippen LogP contribution in [-0.2, 0) is 16.6 Å².